The molecule has 0 aromatic heterocycles. The maximum absolute atomic E-state index is 3.59. The van der Waals surface area contributed by atoms with Crippen molar-refractivity contribution >= 4 is 0 Å². The van der Waals surface area contributed by atoms with Crippen LogP contribution in [-0.2, 0) is 0 Å². The highest BCUT2D eigenvalue weighted by atomic mass is 15.2. The Hall–Kier alpha value is -0.0800. The van der Waals surface area contributed by atoms with Gasteiger partial charge in [-0.05, 0) is 26.2 Å². The zero-order chi connectivity index (χ0) is 9.84. The van der Waals surface area contributed by atoms with E-state index >= 15 is 0 Å². The van der Waals surface area contributed by atoms with E-state index in [1.165, 1.54) is 19.5 Å². The fraction of sp³-hybridized carbons (Fsp3) is 1.00. The fourth-order valence-electron chi connectivity index (χ4n) is 2.05. The van der Waals surface area contributed by atoms with E-state index in [2.05, 4.69) is 37.9 Å². The first-order valence-corrected chi connectivity index (χ1v) is 5.57. The smallest absolute Gasteiger partial charge is 0.0198 e. The van der Waals surface area contributed by atoms with E-state index in [0.717, 1.165) is 18.5 Å². The lowest BCUT2D eigenvalue weighted by Gasteiger charge is -2.36. The van der Waals surface area contributed by atoms with Crippen molar-refractivity contribution in [2.45, 2.75) is 46.2 Å². The summed E-state index contributed by atoms with van der Waals surface area (Å²) in [6.07, 6.45) is 1.31. The van der Waals surface area contributed by atoms with Crippen molar-refractivity contribution in [3.63, 3.8) is 0 Å². The molecule has 0 spiro atoms. The topological polar surface area (TPSA) is 15.3 Å². The average Bonchev–Trinajstić information content (AvgIpc) is 2.03. The van der Waals surface area contributed by atoms with Gasteiger partial charge in [-0.3, -0.25) is 4.90 Å². The van der Waals surface area contributed by atoms with Crippen LogP contribution >= 0.6 is 0 Å². The zero-order valence-corrected chi connectivity index (χ0v) is 9.51. The molecule has 1 atom stereocenters. The number of nitrogens with zero attached hydrogens (tertiary/aromatic N) is 1. The molecule has 0 radical (unpaired) electrons. The van der Waals surface area contributed by atoms with Gasteiger partial charge < -0.3 is 5.32 Å². The normalized spacial score (nSPS) is 25.8. The number of hydrogen-bond acceptors (Lipinski definition) is 2. The van der Waals surface area contributed by atoms with E-state index in [1.807, 2.05) is 0 Å². The lowest BCUT2D eigenvalue weighted by atomic mass is 10.0. The number of hydrogen-bond donors (Lipinski definition) is 1. The summed E-state index contributed by atoms with van der Waals surface area (Å²) in [6, 6.07) is 1.42. The summed E-state index contributed by atoms with van der Waals surface area (Å²) in [5.74, 6) is 0.810. The highest BCUT2D eigenvalue weighted by Crippen LogP contribution is 2.11. The maximum atomic E-state index is 3.59. The molecule has 1 unspecified atom stereocenters. The highest BCUT2D eigenvalue weighted by molar-refractivity contribution is 4.80. The van der Waals surface area contributed by atoms with E-state index in [0.29, 0.717) is 6.04 Å². The zero-order valence-electron chi connectivity index (χ0n) is 9.51. The number of piperazine rings is 1. The Morgan fingerprint density at radius 1 is 1.31 bits per heavy atom. The largest absolute Gasteiger partial charge is 0.311 e. The van der Waals surface area contributed by atoms with Crippen LogP contribution in [0.4, 0.5) is 0 Å². The molecular formula is C11H24N2. The van der Waals surface area contributed by atoms with Crippen LogP contribution in [0.25, 0.3) is 0 Å². The third-order valence-electron chi connectivity index (χ3n) is 2.77. The molecule has 78 valence electrons. The molecule has 1 rings (SSSR count). The molecule has 0 aliphatic carbocycles. The monoisotopic (exact) mass is 184 g/mol. The van der Waals surface area contributed by atoms with Gasteiger partial charge in [0.05, 0.1) is 0 Å². The van der Waals surface area contributed by atoms with Crippen LogP contribution in [0.1, 0.15) is 34.1 Å². The van der Waals surface area contributed by atoms with Crippen molar-refractivity contribution in [3.8, 4) is 0 Å². The van der Waals surface area contributed by atoms with Gasteiger partial charge in [-0.1, -0.05) is 13.8 Å². The van der Waals surface area contributed by atoms with Gasteiger partial charge >= 0.3 is 0 Å². The fourth-order valence-corrected chi connectivity index (χ4v) is 2.05. The van der Waals surface area contributed by atoms with Gasteiger partial charge in [0, 0.05) is 31.7 Å². The predicted octanol–water partition coefficient (Wildman–Crippen LogP) is 1.71. The van der Waals surface area contributed by atoms with Gasteiger partial charge in [0.1, 0.15) is 0 Å². The second-order valence-corrected chi connectivity index (χ2v) is 4.87. The second kappa shape index (κ2) is 4.97. The first-order chi connectivity index (χ1) is 6.09. The van der Waals surface area contributed by atoms with E-state index < -0.39 is 0 Å². The first-order valence-electron chi connectivity index (χ1n) is 5.57. The molecule has 1 fully saturated rings. The van der Waals surface area contributed by atoms with Crippen molar-refractivity contribution in [1.29, 1.82) is 0 Å². The van der Waals surface area contributed by atoms with E-state index in [1.54, 1.807) is 0 Å². The summed E-state index contributed by atoms with van der Waals surface area (Å²) in [6.45, 7) is 12.8. The van der Waals surface area contributed by atoms with Crippen LogP contribution in [0, 0.1) is 5.92 Å². The van der Waals surface area contributed by atoms with Crippen molar-refractivity contribution in [1.82, 2.24) is 10.2 Å². The molecule has 2 heteroatoms. The van der Waals surface area contributed by atoms with Gasteiger partial charge in [0.25, 0.3) is 0 Å². The summed E-state index contributed by atoms with van der Waals surface area (Å²) < 4.78 is 0. The number of nitrogens with one attached hydrogen (secondary N) is 1. The molecular weight excluding hydrogens is 160 g/mol. The quantitative estimate of drug-likeness (QED) is 0.718. The van der Waals surface area contributed by atoms with Crippen LogP contribution in [0.3, 0.4) is 0 Å². The molecule has 1 aliphatic rings. The molecule has 0 aromatic carbocycles. The third kappa shape index (κ3) is 3.65. The molecule has 2 nitrogen and oxygen atoms in total. The molecule has 0 aromatic rings. The Labute approximate surface area is 82.7 Å². The van der Waals surface area contributed by atoms with Crippen LogP contribution in [0.5, 0.6) is 0 Å². The molecule has 0 bridgehead atoms. The van der Waals surface area contributed by atoms with Gasteiger partial charge in [-0.15, -0.1) is 0 Å². The van der Waals surface area contributed by atoms with E-state index in [9.17, 15) is 0 Å². The molecule has 1 saturated heterocycles. The van der Waals surface area contributed by atoms with Crippen molar-refractivity contribution < 1.29 is 0 Å². The summed E-state index contributed by atoms with van der Waals surface area (Å²) in [4.78, 5) is 2.57. The minimum absolute atomic E-state index is 0.705. The third-order valence-corrected chi connectivity index (χ3v) is 2.77. The molecule has 13 heavy (non-hydrogen) atoms. The summed E-state index contributed by atoms with van der Waals surface area (Å²) >= 11 is 0. The van der Waals surface area contributed by atoms with Crippen molar-refractivity contribution in [2.75, 3.05) is 19.6 Å². The highest BCUT2D eigenvalue weighted by Gasteiger charge is 2.21. The lowest BCUT2D eigenvalue weighted by Crippen LogP contribution is -2.53. The average molecular weight is 184 g/mol. The minimum atomic E-state index is 0.705. The van der Waals surface area contributed by atoms with Gasteiger partial charge in [-0.2, -0.15) is 0 Å². The molecule has 1 N–H and O–H groups in total. The summed E-state index contributed by atoms with van der Waals surface area (Å²) in [7, 11) is 0. The number of rotatable bonds is 3. The van der Waals surface area contributed by atoms with Crippen molar-refractivity contribution in [3.05, 3.63) is 0 Å². The Kier molecular flexibility index (Phi) is 4.20. The van der Waals surface area contributed by atoms with Crippen LogP contribution in [0.2, 0.25) is 0 Å². The van der Waals surface area contributed by atoms with Gasteiger partial charge in [-0.25, -0.2) is 0 Å². The SMILES string of the molecule is CC(C)CC1CN(C(C)C)CCN1. The lowest BCUT2D eigenvalue weighted by molar-refractivity contribution is 0.152. The first kappa shape index (κ1) is 11.0. The summed E-state index contributed by atoms with van der Waals surface area (Å²) in [5.41, 5.74) is 0. The predicted molar refractivity (Wildman–Crippen MR) is 58.0 cm³/mol. The van der Waals surface area contributed by atoms with Crippen molar-refractivity contribution in [2.24, 2.45) is 5.92 Å². The van der Waals surface area contributed by atoms with Gasteiger partial charge in [0.2, 0.25) is 0 Å². The van der Waals surface area contributed by atoms with E-state index in [4.69, 9.17) is 0 Å². The molecule has 1 aliphatic heterocycles. The second-order valence-electron chi connectivity index (χ2n) is 4.87. The van der Waals surface area contributed by atoms with E-state index in [-0.39, 0.29) is 0 Å². The molecule has 1 heterocycles. The minimum Gasteiger partial charge on any atom is -0.311 e. The Balaban J connectivity index is 2.33. The Morgan fingerprint density at radius 2 is 2.00 bits per heavy atom. The Bertz CT molecular complexity index is 143. The standard InChI is InChI=1S/C11H24N2/c1-9(2)7-11-8-13(10(3)4)6-5-12-11/h9-12H,5-8H2,1-4H3. The van der Waals surface area contributed by atoms with Crippen LogP contribution in [0.15, 0.2) is 0 Å². The Morgan fingerprint density at radius 3 is 2.54 bits per heavy atom. The molecule has 0 amide bonds. The van der Waals surface area contributed by atoms with Crippen LogP contribution < -0.4 is 5.32 Å². The maximum Gasteiger partial charge on any atom is 0.0198 e. The summed E-state index contributed by atoms with van der Waals surface area (Å²) in [5, 5.41) is 3.59. The molecule has 0 saturated carbocycles. The van der Waals surface area contributed by atoms with Gasteiger partial charge in [0.15, 0.2) is 0 Å². The van der Waals surface area contributed by atoms with Crippen LogP contribution in [-0.4, -0.2) is 36.6 Å².